The Labute approximate surface area is 181 Å². The van der Waals surface area contributed by atoms with Crippen molar-refractivity contribution in [1.29, 1.82) is 0 Å². The van der Waals surface area contributed by atoms with Crippen LogP contribution in [0.3, 0.4) is 0 Å². The average molecular weight is 440 g/mol. The molecule has 0 unspecified atom stereocenters. The summed E-state index contributed by atoms with van der Waals surface area (Å²) in [5, 5.41) is 2.68. The summed E-state index contributed by atoms with van der Waals surface area (Å²) in [5.41, 5.74) is 2.76. The lowest BCUT2D eigenvalue weighted by molar-refractivity contribution is -0.137. The summed E-state index contributed by atoms with van der Waals surface area (Å²) in [6, 6.07) is 8.52. The van der Waals surface area contributed by atoms with Gasteiger partial charge in [-0.2, -0.15) is 0 Å². The molecule has 0 aliphatic carbocycles. The van der Waals surface area contributed by atoms with Gasteiger partial charge in [0.05, 0.1) is 0 Å². The number of benzene rings is 1. The lowest BCUT2D eigenvalue weighted by Gasteiger charge is -2.10. The maximum atomic E-state index is 11.5. The number of hydrogen-bond acceptors (Lipinski definition) is 3. The summed E-state index contributed by atoms with van der Waals surface area (Å²) >= 11 is 0. The van der Waals surface area contributed by atoms with Gasteiger partial charge in [0, 0.05) is 19.1 Å². The van der Waals surface area contributed by atoms with E-state index in [4.69, 9.17) is 9.79 Å². The molecule has 7 heteroatoms. The smallest absolute Gasteiger partial charge is 0.325 e. The van der Waals surface area contributed by atoms with Gasteiger partial charge in [0.25, 0.3) is 5.91 Å². The molecular weight excluding hydrogens is 401 g/mol. The van der Waals surface area contributed by atoms with E-state index in [2.05, 4.69) is 29.6 Å². The molecule has 0 bridgehead atoms. The summed E-state index contributed by atoms with van der Waals surface area (Å²) < 4.78 is 10.8. The topological polar surface area (TPSA) is 104 Å². The molecule has 1 aromatic carbocycles. The molecule has 0 saturated heterocycles. The standard InChI is InChI=1S/C23H38NO5P/c1-2-22(25)23(26)24-18-12-11-17-21-16-10-9-15-20(21)14-8-6-4-3-5-7-13-19-30(27,28)29/h9-10,15-16H,2-8,11-14,17-19H2,1H3,(H,24,26)(H2,27,28,29). The molecule has 170 valence electrons. The van der Waals surface area contributed by atoms with Crippen molar-refractivity contribution in [3.05, 3.63) is 35.4 Å². The number of amides is 1. The second kappa shape index (κ2) is 15.3. The van der Waals surface area contributed by atoms with Crippen molar-refractivity contribution in [2.24, 2.45) is 0 Å². The Hall–Kier alpha value is -1.49. The quantitative estimate of drug-likeness (QED) is 0.188. The third kappa shape index (κ3) is 12.9. The highest BCUT2D eigenvalue weighted by molar-refractivity contribution is 7.51. The molecule has 0 aliphatic rings. The van der Waals surface area contributed by atoms with Crippen LogP contribution >= 0.6 is 7.60 Å². The normalized spacial score (nSPS) is 11.4. The number of rotatable bonds is 17. The molecule has 0 atom stereocenters. The molecule has 3 N–H and O–H groups in total. The number of carbonyl (C=O) groups excluding carboxylic acids is 2. The zero-order valence-electron chi connectivity index (χ0n) is 18.3. The number of nitrogens with one attached hydrogen (secondary N) is 1. The highest BCUT2D eigenvalue weighted by Crippen LogP contribution is 2.35. The minimum absolute atomic E-state index is 0.00696. The van der Waals surface area contributed by atoms with Crippen LogP contribution in [0, 0.1) is 0 Å². The van der Waals surface area contributed by atoms with Crippen molar-refractivity contribution < 1.29 is 23.9 Å². The van der Waals surface area contributed by atoms with Crippen LogP contribution in [0.15, 0.2) is 24.3 Å². The zero-order chi connectivity index (χ0) is 22.2. The van der Waals surface area contributed by atoms with Gasteiger partial charge in [-0.15, -0.1) is 0 Å². The van der Waals surface area contributed by atoms with Crippen molar-refractivity contribution in [2.75, 3.05) is 12.7 Å². The van der Waals surface area contributed by atoms with Crippen LogP contribution < -0.4 is 5.32 Å². The Morgan fingerprint density at radius 3 is 1.87 bits per heavy atom. The van der Waals surface area contributed by atoms with Crippen LogP contribution in [0.1, 0.15) is 82.3 Å². The summed E-state index contributed by atoms with van der Waals surface area (Å²) in [6.45, 7) is 2.23. The fourth-order valence-electron chi connectivity index (χ4n) is 3.46. The van der Waals surface area contributed by atoms with E-state index in [-0.39, 0.29) is 18.4 Å². The van der Waals surface area contributed by atoms with E-state index < -0.39 is 13.5 Å². The number of unbranched alkanes of at least 4 members (excludes halogenated alkanes) is 7. The Bertz CT molecular complexity index is 686. The first-order valence-electron chi connectivity index (χ1n) is 11.3. The van der Waals surface area contributed by atoms with Gasteiger partial charge >= 0.3 is 7.60 Å². The largest absolute Gasteiger partial charge is 0.350 e. The van der Waals surface area contributed by atoms with E-state index >= 15 is 0 Å². The summed E-state index contributed by atoms with van der Waals surface area (Å²) in [7, 11) is -3.83. The van der Waals surface area contributed by atoms with Crippen LogP contribution in [-0.2, 0) is 27.0 Å². The van der Waals surface area contributed by atoms with Crippen LogP contribution in [0.5, 0.6) is 0 Å². The lowest BCUT2D eigenvalue weighted by atomic mass is 9.97. The van der Waals surface area contributed by atoms with Crippen molar-refractivity contribution in [3.63, 3.8) is 0 Å². The van der Waals surface area contributed by atoms with Crippen LogP contribution in [-0.4, -0.2) is 34.2 Å². The van der Waals surface area contributed by atoms with Crippen molar-refractivity contribution in [2.45, 2.75) is 84.0 Å². The molecular formula is C23H38NO5P. The Morgan fingerprint density at radius 2 is 1.33 bits per heavy atom. The number of carbonyl (C=O) groups is 2. The van der Waals surface area contributed by atoms with Gasteiger partial charge in [0.1, 0.15) is 0 Å². The van der Waals surface area contributed by atoms with Gasteiger partial charge in [-0.05, 0) is 49.7 Å². The van der Waals surface area contributed by atoms with Gasteiger partial charge in [-0.1, -0.05) is 63.3 Å². The molecule has 0 aliphatic heterocycles. The fourth-order valence-corrected chi connectivity index (χ4v) is 4.10. The Morgan fingerprint density at radius 1 is 0.833 bits per heavy atom. The molecule has 0 heterocycles. The Balaban J connectivity index is 2.16. The molecule has 1 rings (SSSR count). The van der Waals surface area contributed by atoms with Gasteiger partial charge in [0.15, 0.2) is 0 Å². The number of Topliss-reactive ketones (excluding diaryl/α,β-unsaturated/α-hetero) is 1. The monoisotopic (exact) mass is 439 g/mol. The maximum absolute atomic E-state index is 11.5. The van der Waals surface area contributed by atoms with E-state index in [0.717, 1.165) is 57.8 Å². The minimum atomic E-state index is -3.83. The lowest BCUT2D eigenvalue weighted by Crippen LogP contribution is -2.31. The molecule has 6 nitrogen and oxygen atoms in total. The molecule has 0 fully saturated rings. The molecule has 0 aromatic heterocycles. The second-order valence-electron chi connectivity index (χ2n) is 7.87. The average Bonchev–Trinajstić information content (AvgIpc) is 2.71. The van der Waals surface area contributed by atoms with Crippen LogP contribution in [0.4, 0.5) is 0 Å². The van der Waals surface area contributed by atoms with Crippen LogP contribution in [0.2, 0.25) is 0 Å². The number of ketones is 1. The highest BCUT2D eigenvalue weighted by Gasteiger charge is 2.11. The predicted molar refractivity (Wildman–Crippen MR) is 121 cm³/mol. The van der Waals surface area contributed by atoms with E-state index in [9.17, 15) is 14.2 Å². The first-order chi connectivity index (χ1) is 14.3. The maximum Gasteiger partial charge on any atom is 0.325 e. The van der Waals surface area contributed by atoms with E-state index in [1.54, 1.807) is 6.92 Å². The van der Waals surface area contributed by atoms with Gasteiger partial charge in [-0.3, -0.25) is 14.2 Å². The van der Waals surface area contributed by atoms with E-state index in [0.29, 0.717) is 13.0 Å². The predicted octanol–water partition coefficient (Wildman–Crippen LogP) is 4.56. The summed E-state index contributed by atoms with van der Waals surface area (Å²) in [6.07, 6.45) is 11.3. The van der Waals surface area contributed by atoms with Gasteiger partial charge < -0.3 is 15.1 Å². The molecule has 0 saturated carbocycles. The van der Waals surface area contributed by atoms with Crippen LogP contribution in [0.25, 0.3) is 0 Å². The molecule has 1 amide bonds. The first-order valence-corrected chi connectivity index (χ1v) is 13.1. The molecule has 1 aromatic rings. The first kappa shape index (κ1) is 26.5. The van der Waals surface area contributed by atoms with Crippen molar-refractivity contribution >= 4 is 19.3 Å². The third-order valence-electron chi connectivity index (χ3n) is 5.25. The highest BCUT2D eigenvalue weighted by atomic mass is 31.2. The van der Waals surface area contributed by atoms with E-state index in [1.807, 2.05) is 0 Å². The van der Waals surface area contributed by atoms with Crippen molar-refractivity contribution in [1.82, 2.24) is 5.32 Å². The zero-order valence-corrected chi connectivity index (χ0v) is 19.2. The summed E-state index contributed by atoms with van der Waals surface area (Å²) in [4.78, 5) is 40.4. The van der Waals surface area contributed by atoms with Crippen molar-refractivity contribution in [3.8, 4) is 0 Å². The molecule has 0 spiro atoms. The van der Waals surface area contributed by atoms with E-state index in [1.165, 1.54) is 17.5 Å². The summed E-state index contributed by atoms with van der Waals surface area (Å²) in [5.74, 6) is -0.832. The minimum Gasteiger partial charge on any atom is -0.350 e. The Kier molecular flexibility index (Phi) is 13.6. The number of hydrogen-bond donors (Lipinski definition) is 3. The number of aryl methyl sites for hydroxylation is 2. The third-order valence-corrected chi connectivity index (χ3v) is 6.15. The fraction of sp³-hybridized carbons (Fsp3) is 0.652. The molecule has 30 heavy (non-hydrogen) atoms. The van der Waals surface area contributed by atoms with Gasteiger partial charge in [-0.25, -0.2) is 0 Å². The molecule has 0 radical (unpaired) electrons. The van der Waals surface area contributed by atoms with Gasteiger partial charge in [0.2, 0.25) is 5.78 Å². The second-order valence-corrected chi connectivity index (χ2v) is 9.65. The SMILES string of the molecule is CCC(=O)C(=O)NCCCCc1ccccc1CCCCCCCCCP(=O)(O)O.